The van der Waals surface area contributed by atoms with Crippen LogP contribution in [0, 0.1) is 11.3 Å². The van der Waals surface area contributed by atoms with E-state index in [9.17, 15) is 4.79 Å². The van der Waals surface area contributed by atoms with Crippen molar-refractivity contribution in [1.82, 2.24) is 0 Å². The third-order valence-electron chi connectivity index (χ3n) is 6.34. The molecule has 0 aromatic carbocycles. The van der Waals surface area contributed by atoms with Gasteiger partial charge >= 0.3 is 0 Å². The normalized spacial score (nSPS) is 42.5. The fraction of sp³-hybridized carbons (Fsp3) is 0.650. The van der Waals surface area contributed by atoms with Gasteiger partial charge in [-0.25, -0.2) is 0 Å². The summed E-state index contributed by atoms with van der Waals surface area (Å²) < 4.78 is 5.80. The SMILES string of the molecule is C=C1C2=CCC(C)C1(C)CCC(C)=CCCC1(C)OC1C2=O. The fourth-order valence-corrected chi connectivity index (χ4v) is 3.99. The Kier molecular flexibility index (Phi) is 3.71. The minimum Gasteiger partial charge on any atom is -0.358 e. The molecule has 1 aliphatic heterocycles. The predicted octanol–water partition coefficient (Wildman–Crippen LogP) is 4.76. The zero-order chi connectivity index (χ0) is 16.1. The molecule has 2 bridgehead atoms. The molecule has 0 N–H and O–H groups in total. The first kappa shape index (κ1) is 15.7. The van der Waals surface area contributed by atoms with Gasteiger partial charge in [0, 0.05) is 5.57 Å². The van der Waals surface area contributed by atoms with Gasteiger partial charge in [0.05, 0.1) is 0 Å². The third-order valence-corrected chi connectivity index (χ3v) is 6.34. The molecular weight excluding hydrogens is 272 g/mol. The highest BCUT2D eigenvalue weighted by Gasteiger charge is 2.57. The Bertz CT molecular complexity index is 583. The molecule has 0 saturated carbocycles. The van der Waals surface area contributed by atoms with Gasteiger partial charge in [-0.15, -0.1) is 0 Å². The van der Waals surface area contributed by atoms with E-state index in [0.29, 0.717) is 5.92 Å². The second-order valence-corrected chi connectivity index (χ2v) is 7.91. The molecule has 0 aromatic heterocycles. The molecule has 22 heavy (non-hydrogen) atoms. The Morgan fingerprint density at radius 1 is 1.27 bits per heavy atom. The average Bonchev–Trinajstić information content (AvgIpc) is 3.14. The maximum absolute atomic E-state index is 12.9. The van der Waals surface area contributed by atoms with Crippen LogP contribution >= 0.6 is 0 Å². The first-order valence-electron chi connectivity index (χ1n) is 8.55. The Morgan fingerprint density at radius 3 is 2.73 bits per heavy atom. The Morgan fingerprint density at radius 2 is 2.00 bits per heavy atom. The van der Waals surface area contributed by atoms with Gasteiger partial charge in [0.15, 0.2) is 5.78 Å². The summed E-state index contributed by atoms with van der Waals surface area (Å²) in [5.74, 6) is 0.686. The molecule has 0 spiro atoms. The molecule has 3 aliphatic rings. The Labute approximate surface area is 134 Å². The van der Waals surface area contributed by atoms with Crippen LogP contribution < -0.4 is 0 Å². The van der Waals surface area contributed by atoms with E-state index in [1.165, 1.54) is 5.57 Å². The topological polar surface area (TPSA) is 29.6 Å². The van der Waals surface area contributed by atoms with Gasteiger partial charge < -0.3 is 4.74 Å². The monoisotopic (exact) mass is 300 g/mol. The second-order valence-electron chi connectivity index (χ2n) is 7.91. The van der Waals surface area contributed by atoms with Gasteiger partial charge in [-0.2, -0.15) is 0 Å². The number of hydrogen-bond donors (Lipinski definition) is 0. The van der Waals surface area contributed by atoms with E-state index < -0.39 is 0 Å². The number of rotatable bonds is 0. The van der Waals surface area contributed by atoms with Gasteiger partial charge in [0.1, 0.15) is 11.7 Å². The molecule has 2 nitrogen and oxygen atoms in total. The van der Waals surface area contributed by atoms with E-state index in [1.807, 2.05) is 0 Å². The highest BCUT2D eigenvalue weighted by molar-refractivity contribution is 6.05. The summed E-state index contributed by atoms with van der Waals surface area (Å²) in [4.78, 5) is 12.9. The summed E-state index contributed by atoms with van der Waals surface area (Å²) in [5, 5.41) is 0. The molecule has 0 radical (unpaired) electrons. The summed E-state index contributed by atoms with van der Waals surface area (Å²) in [6, 6.07) is 0. The third kappa shape index (κ3) is 2.42. The molecular formula is C20H28O2. The Hall–Kier alpha value is -1.15. The lowest BCUT2D eigenvalue weighted by atomic mass is 9.62. The first-order chi connectivity index (χ1) is 10.3. The van der Waals surface area contributed by atoms with Crippen LogP contribution in [0.1, 0.15) is 59.8 Å². The van der Waals surface area contributed by atoms with Crippen LogP contribution in [0.15, 0.2) is 35.5 Å². The van der Waals surface area contributed by atoms with E-state index in [-0.39, 0.29) is 22.9 Å². The van der Waals surface area contributed by atoms with Crippen LogP contribution in [0.2, 0.25) is 0 Å². The van der Waals surface area contributed by atoms with Crippen molar-refractivity contribution in [2.75, 3.05) is 0 Å². The van der Waals surface area contributed by atoms with Crippen molar-refractivity contribution in [1.29, 1.82) is 0 Å². The molecule has 1 heterocycles. The molecule has 2 aliphatic carbocycles. The number of epoxide rings is 1. The summed E-state index contributed by atoms with van der Waals surface area (Å²) in [5.41, 5.74) is 3.07. The number of ether oxygens (including phenoxy) is 1. The summed E-state index contributed by atoms with van der Waals surface area (Å²) >= 11 is 0. The molecule has 120 valence electrons. The molecule has 2 heteroatoms. The molecule has 4 unspecified atom stereocenters. The minimum absolute atomic E-state index is 0.0132. The molecule has 0 aromatic rings. The standard InChI is InChI=1S/C20H28O2/c1-13-7-6-11-20(5)18(22-20)17(21)16-9-8-14(2)19(4,12-10-13)15(16)3/h7,9,14,18H,3,6,8,10-12H2,1-2,4-5H3. The zero-order valence-electron chi connectivity index (χ0n) is 14.4. The number of hydrogen-bond acceptors (Lipinski definition) is 2. The van der Waals surface area contributed by atoms with Crippen molar-refractivity contribution in [2.45, 2.75) is 71.5 Å². The zero-order valence-corrected chi connectivity index (χ0v) is 14.4. The quantitative estimate of drug-likeness (QED) is 0.477. The summed E-state index contributed by atoms with van der Waals surface area (Å²) in [6.45, 7) is 13.2. The van der Waals surface area contributed by atoms with Crippen LogP contribution in [-0.2, 0) is 9.53 Å². The van der Waals surface area contributed by atoms with Crippen molar-refractivity contribution in [3.05, 3.63) is 35.5 Å². The summed E-state index contributed by atoms with van der Waals surface area (Å²) in [7, 11) is 0. The molecule has 4 atom stereocenters. The number of carbonyl (C=O) groups excluding carboxylic acids is 1. The molecule has 3 rings (SSSR count). The number of fused-ring (bicyclic) bond motifs is 3. The van der Waals surface area contributed by atoms with Crippen LogP contribution in [0.5, 0.6) is 0 Å². The highest BCUT2D eigenvalue weighted by atomic mass is 16.6. The van der Waals surface area contributed by atoms with Crippen molar-refractivity contribution in [3.8, 4) is 0 Å². The average molecular weight is 300 g/mol. The van der Waals surface area contributed by atoms with E-state index in [4.69, 9.17) is 4.74 Å². The van der Waals surface area contributed by atoms with E-state index >= 15 is 0 Å². The van der Waals surface area contributed by atoms with Gasteiger partial charge in [-0.1, -0.05) is 38.2 Å². The first-order valence-corrected chi connectivity index (χ1v) is 8.55. The number of ketones is 1. The smallest absolute Gasteiger partial charge is 0.194 e. The lowest BCUT2D eigenvalue weighted by Crippen LogP contribution is -2.34. The van der Waals surface area contributed by atoms with E-state index in [1.54, 1.807) is 0 Å². The van der Waals surface area contributed by atoms with Gasteiger partial charge in [-0.3, -0.25) is 4.79 Å². The Balaban J connectivity index is 1.98. The molecule has 1 fully saturated rings. The van der Waals surface area contributed by atoms with Crippen molar-refractivity contribution >= 4 is 5.78 Å². The van der Waals surface area contributed by atoms with E-state index in [2.05, 4.69) is 46.4 Å². The number of allylic oxidation sites excluding steroid dienone is 4. The van der Waals surface area contributed by atoms with Crippen LogP contribution in [0.3, 0.4) is 0 Å². The van der Waals surface area contributed by atoms with Gasteiger partial charge in [0.25, 0.3) is 0 Å². The minimum atomic E-state index is -0.270. The second kappa shape index (κ2) is 5.19. The van der Waals surface area contributed by atoms with Crippen LogP contribution in [-0.4, -0.2) is 17.5 Å². The van der Waals surface area contributed by atoms with Crippen LogP contribution in [0.4, 0.5) is 0 Å². The van der Waals surface area contributed by atoms with Crippen molar-refractivity contribution < 1.29 is 9.53 Å². The molecule has 0 amide bonds. The predicted molar refractivity (Wildman–Crippen MR) is 89.6 cm³/mol. The van der Waals surface area contributed by atoms with Crippen molar-refractivity contribution in [2.24, 2.45) is 11.3 Å². The maximum atomic E-state index is 12.9. The maximum Gasteiger partial charge on any atom is 0.194 e. The highest BCUT2D eigenvalue weighted by Crippen LogP contribution is 2.51. The number of carbonyl (C=O) groups is 1. The van der Waals surface area contributed by atoms with E-state index in [0.717, 1.165) is 43.3 Å². The molecule has 1 saturated heterocycles. The van der Waals surface area contributed by atoms with Crippen LogP contribution in [0.25, 0.3) is 0 Å². The van der Waals surface area contributed by atoms with Crippen molar-refractivity contribution in [3.63, 3.8) is 0 Å². The summed E-state index contributed by atoms with van der Waals surface area (Å²) in [6.07, 6.45) is 9.21. The van der Waals surface area contributed by atoms with Gasteiger partial charge in [-0.05, 0) is 62.9 Å². The largest absolute Gasteiger partial charge is 0.358 e. The fourth-order valence-electron chi connectivity index (χ4n) is 3.99. The van der Waals surface area contributed by atoms with Gasteiger partial charge in [0.2, 0.25) is 0 Å². The lowest BCUT2D eigenvalue weighted by molar-refractivity contribution is -0.116. The lowest BCUT2D eigenvalue weighted by Gasteiger charge is -2.41. The number of Topliss-reactive ketones (excluding diaryl/α,β-unsaturated/α-hetero) is 1.